The average Bonchev–Trinajstić information content (AvgIpc) is 2.58. The van der Waals surface area contributed by atoms with Crippen LogP contribution in [-0.2, 0) is 9.59 Å². The maximum Gasteiger partial charge on any atom is 0.262 e. The van der Waals surface area contributed by atoms with E-state index in [4.69, 9.17) is 0 Å². The Morgan fingerprint density at radius 3 is 2.52 bits per heavy atom. The van der Waals surface area contributed by atoms with Crippen LogP contribution in [0.25, 0.3) is 0 Å². The molecular formula is C21H31N3O2S. The molecule has 0 spiro atoms. The second-order valence-electron chi connectivity index (χ2n) is 7.75. The lowest BCUT2D eigenvalue weighted by Gasteiger charge is -2.26. The van der Waals surface area contributed by atoms with Crippen LogP contribution in [-0.4, -0.2) is 42.9 Å². The summed E-state index contributed by atoms with van der Waals surface area (Å²) in [6.07, 6.45) is 2.30. The summed E-state index contributed by atoms with van der Waals surface area (Å²) >= 11 is 1.33. The van der Waals surface area contributed by atoms with E-state index >= 15 is 0 Å². The molecule has 0 aromatic heterocycles. The Balaban J connectivity index is 1.80. The molecule has 0 aliphatic carbocycles. The van der Waals surface area contributed by atoms with Gasteiger partial charge >= 0.3 is 0 Å². The molecule has 1 aromatic carbocycles. The smallest absolute Gasteiger partial charge is 0.262 e. The first kappa shape index (κ1) is 21.5. The molecule has 0 fully saturated rings. The van der Waals surface area contributed by atoms with E-state index in [0.717, 1.165) is 36.6 Å². The number of nitrogens with zero attached hydrogens (tertiary/aromatic N) is 1. The predicted molar refractivity (Wildman–Crippen MR) is 113 cm³/mol. The van der Waals surface area contributed by atoms with Crippen molar-refractivity contribution in [2.24, 2.45) is 11.8 Å². The van der Waals surface area contributed by atoms with Gasteiger partial charge in [0.05, 0.1) is 10.6 Å². The highest BCUT2D eigenvalue weighted by molar-refractivity contribution is 8.04. The maximum absolute atomic E-state index is 12.2. The first-order valence-corrected chi connectivity index (χ1v) is 10.5. The number of benzene rings is 1. The molecule has 6 heteroatoms. The van der Waals surface area contributed by atoms with Gasteiger partial charge in [0.1, 0.15) is 0 Å². The number of carbonyl (C=O) groups is 2. The summed E-state index contributed by atoms with van der Waals surface area (Å²) in [4.78, 5) is 28.1. The second-order valence-corrected chi connectivity index (χ2v) is 8.84. The molecule has 2 rings (SSSR count). The number of hydrogen-bond acceptors (Lipinski definition) is 4. The van der Waals surface area contributed by atoms with Crippen molar-refractivity contribution >= 4 is 29.3 Å². The number of amides is 2. The second kappa shape index (κ2) is 10.5. The zero-order valence-corrected chi connectivity index (χ0v) is 17.6. The number of rotatable bonds is 9. The lowest BCUT2D eigenvalue weighted by atomic mass is 10.1. The highest BCUT2D eigenvalue weighted by Crippen LogP contribution is 2.37. The molecule has 1 aliphatic rings. The third-order valence-corrected chi connectivity index (χ3v) is 5.14. The van der Waals surface area contributed by atoms with Crippen LogP contribution in [0.1, 0.15) is 34.1 Å². The molecule has 0 saturated heterocycles. The minimum atomic E-state index is -0.228. The molecule has 0 atom stereocenters. The third-order valence-electron chi connectivity index (χ3n) is 4.04. The van der Waals surface area contributed by atoms with Gasteiger partial charge in [0.2, 0.25) is 5.91 Å². The normalized spacial score (nSPS) is 15.4. The Morgan fingerprint density at radius 2 is 1.85 bits per heavy atom. The molecule has 27 heavy (non-hydrogen) atoms. The van der Waals surface area contributed by atoms with Gasteiger partial charge in [0.25, 0.3) is 5.91 Å². The number of fused-ring (bicyclic) bond motifs is 1. The van der Waals surface area contributed by atoms with Crippen LogP contribution >= 0.6 is 11.8 Å². The van der Waals surface area contributed by atoms with Gasteiger partial charge in [0.15, 0.2) is 0 Å². The quantitative estimate of drug-likeness (QED) is 0.499. The summed E-state index contributed by atoms with van der Waals surface area (Å²) in [5.74, 6) is 0.820. The molecule has 1 heterocycles. The molecule has 1 aromatic rings. The van der Waals surface area contributed by atoms with E-state index in [0.29, 0.717) is 23.3 Å². The standard InChI is InChI=1S/C21H31N3O2S/c1-15(2)13-24(14-16(3)4)11-7-10-22-20(25)12-19-21(26)23-17-8-5-6-9-18(17)27-19/h5-6,8-9,12,15-16H,7,10-11,13-14H2,1-4H3,(H,22,25)(H,23,26)/b19-12-. The average molecular weight is 390 g/mol. The number of nitrogens with one attached hydrogen (secondary N) is 2. The first-order chi connectivity index (χ1) is 12.8. The fraction of sp³-hybridized carbons (Fsp3) is 0.524. The van der Waals surface area contributed by atoms with Crippen LogP contribution in [0, 0.1) is 11.8 Å². The minimum absolute atomic E-state index is 0.216. The SMILES string of the molecule is CC(C)CN(CCCNC(=O)/C=C1\Sc2ccccc2NC1=O)CC(C)C. The third kappa shape index (κ3) is 7.39. The topological polar surface area (TPSA) is 61.4 Å². The Hall–Kier alpha value is -1.79. The van der Waals surface area contributed by atoms with E-state index in [-0.39, 0.29) is 11.8 Å². The molecule has 0 unspecified atom stereocenters. The number of anilines is 1. The van der Waals surface area contributed by atoms with Gasteiger partial charge < -0.3 is 15.5 Å². The van der Waals surface area contributed by atoms with Crippen molar-refractivity contribution in [1.29, 1.82) is 0 Å². The van der Waals surface area contributed by atoms with E-state index in [2.05, 4.69) is 43.2 Å². The first-order valence-electron chi connectivity index (χ1n) is 9.65. The molecule has 0 bridgehead atoms. The molecule has 148 valence electrons. The number of hydrogen-bond donors (Lipinski definition) is 2. The van der Waals surface area contributed by atoms with Crippen molar-refractivity contribution < 1.29 is 9.59 Å². The van der Waals surface area contributed by atoms with Crippen LogP contribution in [0.3, 0.4) is 0 Å². The van der Waals surface area contributed by atoms with E-state index in [1.807, 2.05) is 24.3 Å². The molecular weight excluding hydrogens is 358 g/mol. The lowest BCUT2D eigenvalue weighted by Crippen LogP contribution is -2.34. The van der Waals surface area contributed by atoms with Gasteiger partial charge in [0, 0.05) is 30.6 Å². The summed E-state index contributed by atoms with van der Waals surface area (Å²) in [5.41, 5.74) is 0.792. The Bertz CT molecular complexity index is 676. The van der Waals surface area contributed by atoms with Gasteiger partial charge in [-0.2, -0.15) is 0 Å². The maximum atomic E-state index is 12.2. The van der Waals surface area contributed by atoms with Crippen molar-refractivity contribution in [2.45, 2.75) is 39.0 Å². The largest absolute Gasteiger partial charge is 0.352 e. The van der Waals surface area contributed by atoms with Crippen LogP contribution in [0.2, 0.25) is 0 Å². The van der Waals surface area contributed by atoms with E-state index in [1.165, 1.54) is 17.8 Å². The molecule has 1 aliphatic heterocycles. The van der Waals surface area contributed by atoms with E-state index in [9.17, 15) is 9.59 Å². The monoisotopic (exact) mass is 389 g/mol. The van der Waals surface area contributed by atoms with Crippen molar-refractivity contribution in [3.8, 4) is 0 Å². The summed E-state index contributed by atoms with van der Waals surface area (Å²) in [6.45, 7) is 12.6. The predicted octanol–water partition coefficient (Wildman–Crippen LogP) is 3.74. The highest BCUT2D eigenvalue weighted by Gasteiger charge is 2.21. The van der Waals surface area contributed by atoms with Gasteiger partial charge in [-0.15, -0.1) is 0 Å². The zero-order valence-electron chi connectivity index (χ0n) is 16.7. The van der Waals surface area contributed by atoms with Crippen molar-refractivity contribution in [1.82, 2.24) is 10.2 Å². The molecule has 2 amide bonds. The van der Waals surface area contributed by atoms with Crippen molar-refractivity contribution in [3.63, 3.8) is 0 Å². The zero-order chi connectivity index (χ0) is 19.8. The van der Waals surface area contributed by atoms with Crippen molar-refractivity contribution in [3.05, 3.63) is 35.2 Å². The molecule has 0 saturated carbocycles. The Kier molecular flexibility index (Phi) is 8.38. The van der Waals surface area contributed by atoms with Crippen LogP contribution < -0.4 is 10.6 Å². The van der Waals surface area contributed by atoms with Gasteiger partial charge in [-0.05, 0) is 36.9 Å². The van der Waals surface area contributed by atoms with E-state index in [1.54, 1.807) is 0 Å². The minimum Gasteiger partial charge on any atom is -0.352 e. The number of para-hydroxylation sites is 1. The molecule has 5 nitrogen and oxygen atoms in total. The summed E-state index contributed by atoms with van der Waals surface area (Å²) in [6, 6.07) is 7.59. The van der Waals surface area contributed by atoms with Crippen LogP contribution in [0.4, 0.5) is 5.69 Å². The Morgan fingerprint density at radius 1 is 1.19 bits per heavy atom. The van der Waals surface area contributed by atoms with Crippen LogP contribution in [0.5, 0.6) is 0 Å². The van der Waals surface area contributed by atoms with Gasteiger partial charge in [-0.25, -0.2) is 0 Å². The Labute approximate surface area is 167 Å². The van der Waals surface area contributed by atoms with Crippen molar-refractivity contribution in [2.75, 3.05) is 31.5 Å². The fourth-order valence-corrected chi connectivity index (χ4v) is 4.00. The molecule has 2 N–H and O–H groups in total. The summed E-state index contributed by atoms with van der Waals surface area (Å²) in [5, 5.41) is 5.72. The van der Waals surface area contributed by atoms with Crippen LogP contribution in [0.15, 0.2) is 40.1 Å². The fourth-order valence-electron chi connectivity index (χ4n) is 3.08. The summed E-state index contributed by atoms with van der Waals surface area (Å²) in [7, 11) is 0. The van der Waals surface area contributed by atoms with E-state index < -0.39 is 0 Å². The van der Waals surface area contributed by atoms with Gasteiger partial charge in [-0.1, -0.05) is 51.6 Å². The van der Waals surface area contributed by atoms with Gasteiger partial charge in [-0.3, -0.25) is 9.59 Å². The highest BCUT2D eigenvalue weighted by atomic mass is 32.2. The number of carbonyl (C=O) groups excluding carboxylic acids is 2. The molecule has 0 radical (unpaired) electrons. The number of thioether (sulfide) groups is 1. The summed E-state index contributed by atoms with van der Waals surface area (Å²) < 4.78 is 0. The lowest BCUT2D eigenvalue weighted by molar-refractivity contribution is -0.117.